The Balaban J connectivity index is 1.35. The number of amides is 1. The predicted molar refractivity (Wildman–Crippen MR) is 96.8 cm³/mol. The van der Waals surface area contributed by atoms with Crippen molar-refractivity contribution in [2.75, 3.05) is 32.9 Å². The van der Waals surface area contributed by atoms with E-state index in [1.165, 1.54) is 6.33 Å². The minimum absolute atomic E-state index is 0.130. The largest absolute Gasteiger partial charge is 0.377 e. The lowest BCUT2D eigenvalue weighted by molar-refractivity contribution is -0.134. The average molecular weight is 371 g/mol. The minimum Gasteiger partial charge on any atom is -0.377 e. The highest BCUT2D eigenvalue weighted by molar-refractivity contribution is 5.76. The third kappa shape index (κ3) is 4.51. The summed E-state index contributed by atoms with van der Waals surface area (Å²) >= 11 is 0. The summed E-state index contributed by atoms with van der Waals surface area (Å²) in [5, 5.41) is 0. The van der Waals surface area contributed by atoms with Crippen molar-refractivity contribution in [2.24, 2.45) is 5.92 Å². The average Bonchev–Trinajstić information content (AvgIpc) is 3.28. The molecule has 0 radical (unpaired) electrons. The van der Waals surface area contributed by atoms with Crippen molar-refractivity contribution in [2.45, 2.75) is 31.4 Å². The van der Waals surface area contributed by atoms with E-state index in [1.54, 1.807) is 18.6 Å². The highest BCUT2D eigenvalue weighted by Gasteiger charge is 2.44. The van der Waals surface area contributed by atoms with E-state index in [2.05, 4.69) is 19.5 Å². The van der Waals surface area contributed by atoms with Gasteiger partial charge in [0.2, 0.25) is 5.91 Å². The Morgan fingerprint density at radius 3 is 3.00 bits per heavy atom. The zero-order chi connectivity index (χ0) is 18.5. The van der Waals surface area contributed by atoms with Crippen LogP contribution in [-0.2, 0) is 27.2 Å². The summed E-state index contributed by atoms with van der Waals surface area (Å²) in [4.78, 5) is 26.8. The molecule has 144 valence electrons. The maximum absolute atomic E-state index is 12.8. The van der Waals surface area contributed by atoms with Crippen molar-refractivity contribution in [3.63, 3.8) is 0 Å². The van der Waals surface area contributed by atoms with E-state index < -0.39 is 5.60 Å². The van der Waals surface area contributed by atoms with Crippen LogP contribution in [0.4, 0.5) is 0 Å². The number of aryl methyl sites for hydroxylation is 1. The van der Waals surface area contributed by atoms with Crippen LogP contribution in [0.1, 0.15) is 18.4 Å². The number of imidazole rings is 1. The molecule has 2 aliphatic heterocycles. The van der Waals surface area contributed by atoms with Crippen molar-refractivity contribution in [1.29, 1.82) is 0 Å². The predicted octanol–water partition coefficient (Wildman–Crippen LogP) is 0.940. The van der Waals surface area contributed by atoms with Gasteiger partial charge in [0.1, 0.15) is 11.9 Å². The Morgan fingerprint density at radius 2 is 2.19 bits per heavy atom. The van der Waals surface area contributed by atoms with Crippen LogP contribution in [0.2, 0.25) is 0 Å². The topological polar surface area (TPSA) is 82.4 Å². The number of hydrogen-bond donors (Lipinski definition) is 0. The fourth-order valence-corrected chi connectivity index (χ4v) is 3.95. The van der Waals surface area contributed by atoms with E-state index in [0.29, 0.717) is 51.7 Å². The molecule has 1 amide bonds. The molecule has 4 heterocycles. The maximum Gasteiger partial charge on any atom is 0.223 e. The minimum atomic E-state index is -0.396. The van der Waals surface area contributed by atoms with Crippen LogP contribution in [0, 0.1) is 5.92 Å². The van der Waals surface area contributed by atoms with Crippen molar-refractivity contribution in [1.82, 2.24) is 24.4 Å². The second kappa shape index (κ2) is 8.14. The molecular formula is C19H25N5O3. The number of carbonyl (C=O) groups excluding carboxylic acids is 1. The molecule has 2 unspecified atom stereocenters. The Morgan fingerprint density at radius 1 is 1.30 bits per heavy atom. The number of rotatable bonds is 5. The fraction of sp³-hybridized carbons (Fsp3) is 0.579. The molecule has 8 heteroatoms. The Bertz CT molecular complexity index is 739. The van der Waals surface area contributed by atoms with Gasteiger partial charge in [0, 0.05) is 50.2 Å². The second-order valence-corrected chi connectivity index (χ2v) is 7.44. The molecular weight excluding hydrogens is 346 g/mol. The van der Waals surface area contributed by atoms with E-state index in [0.717, 1.165) is 18.5 Å². The molecule has 1 spiro atoms. The smallest absolute Gasteiger partial charge is 0.223 e. The number of hydrogen-bond acceptors (Lipinski definition) is 6. The van der Waals surface area contributed by atoms with Crippen molar-refractivity contribution < 1.29 is 14.3 Å². The van der Waals surface area contributed by atoms with Gasteiger partial charge < -0.3 is 18.9 Å². The number of aromatic nitrogens is 4. The molecule has 2 aliphatic rings. The van der Waals surface area contributed by atoms with Gasteiger partial charge in [0.25, 0.3) is 0 Å². The molecule has 0 N–H and O–H groups in total. The van der Waals surface area contributed by atoms with E-state index in [4.69, 9.17) is 9.47 Å². The van der Waals surface area contributed by atoms with Crippen molar-refractivity contribution in [3.05, 3.63) is 43.0 Å². The van der Waals surface area contributed by atoms with Crippen LogP contribution in [-0.4, -0.2) is 68.8 Å². The van der Waals surface area contributed by atoms with Crippen molar-refractivity contribution >= 4 is 5.91 Å². The highest BCUT2D eigenvalue weighted by atomic mass is 16.5. The van der Waals surface area contributed by atoms with Gasteiger partial charge in [-0.2, -0.15) is 0 Å². The molecule has 0 bridgehead atoms. The number of nitrogens with zero attached hydrogens (tertiary/aromatic N) is 5. The van der Waals surface area contributed by atoms with E-state index >= 15 is 0 Å². The van der Waals surface area contributed by atoms with Crippen molar-refractivity contribution in [3.8, 4) is 0 Å². The van der Waals surface area contributed by atoms with E-state index in [-0.39, 0.29) is 5.91 Å². The fourth-order valence-electron chi connectivity index (χ4n) is 3.95. The summed E-state index contributed by atoms with van der Waals surface area (Å²) in [7, 11) is 0. The summed E-state index contributed by atoms with van der Waals surface area (Å²) in [5.41, 5.74) is 0.580. The standard InChI is InChI=1S/C19H25N5O3/c25-18(2-1-16-8-21-14-22-9-16)24-5-6-26-13-19(12-24)7-17(11-27-19)10-23-4-3-20-15-23/h3-4,8-9,14-15,17H,1-2,5-7,10-13H2. The van der Waals surface area contributed by atoms with Gasteiger partial charge >= 0.3 is 0 Å². The van der Waals surface area contributed by atoms with Gasteiger partial charge in [-0.3, -0.25) is 4.79 Å². The first-order chi connectivity index (χ1) is 13.2. The quantitative estimate of drug-likeness (QED) is 0.778. The van der Waals surface area contributed by atoms with Crippen LogP contribution in [0.5, 0.6) is 0 Å². The van der Waals surface area contributed by atoms with Crippen LogP contribution in [0.25, 0.3) is 0 Å². The van der Waals surface area contributed by atoms with Gasteiger partial charge in [-0.25, -0.2) is 15.0 Å². The third-order valence-electron chi connectivity index (χ3n) is 5.26. The molecule has 2 saturated heterocycles. The van der Waals surface area contributed by atoms with Gasteiger partial charge in [0.05, 0.1) is 32.7 Å². The Labute approximate surface area is 158 Å². The molecule has 8 nitrogen and oxygen atoms in total. The summed E-state index contributed by atoms with van der Waals surface area (Å²) in [6, 6.07) is 0. The molecule has 2 fully saturated rings. The molecule has 4 rings (SSSR count). The molecule has 2 aromatic heterocycles. The highest BCUT2D eigenvalue weighted by Crippen LogP contribution is 2.33. The zero-order valence-electron chi connectivity index (χ0n) is 15.4. The molecule has 2 aromatic rings. The Hall–Kier alpha value is -2.32. The SMILES string of the molecule is O=C(CCc1cncnc1)N1CCOCC2(CC(Cn3ccnc3)CO2)C1. The molecule has 0 saturated carbocycles. The first kappa shape index (κ1) is 18.1. The zero-order valence-corrected chi connectivity index (χ0v) is 15.4. The molecule has 2 atom stereocenters. The summed E-state index contributed by atoms with van der Waals surface area (Å²) < 4.78 is 14.1. The lowest BCUT2D eigenvalue weighted by Crippen LogP contribution is -2.46. The van der Waals surface area contributed by atoms with Crippen LogP contribution in [0.3, 0.4) is 0 Å². The molecule has 0 aromatic carbocycles. The monoisotopic (exact) mass is 371 g/mol. The normalized spacial score (nSPS) is 25.6. The number of ether oxygens (including phenoxy) is 2. The molecule has 0 aliphatic carbocycles. The molecule has 27 heavy (non-hydrogen) atoms. The summed E-state index contributed by atoms with van der Waals surface area (Å²) in [6.07, 6.45) is 12.6. The first-order valence-electron chi connectivity index (χ1n) is 9.42. The van der Waals surface area contributed by atoms with Gasteiger partial charge in [-0.15, -0.1) is 0 Å². The lowest BCUT2D eigenvalue weighted by atomic mass is 9.94. The van der Waals surface area contributed by atoms with Gasteiger partial charge in [-0.05, 0) is 18.4 Å². The van der Waals surface area contributed by atoms with E-state index in [9.17, 15) is 4.79 Å². The van der Waals surface area contributed by atoms with Crippen LogP contribution >= 0.6 is 0 Å². The van der Waals surface area contributed by atoms with Crippen LogP contribution < -0.4 is 0 Å². The second-order valence-electron chi connectivity index (χ2n) is 7.44. The lowest BCUT2D eigenvalue weighted by Gasteiger charge is -2.31. The van der Waals surface area contributed by atoms with Gasteiger partial charge in [-0.1, -0.05) is 0 Å². The van der Waals surface area contributed by atoms with Crippen LogP contribution in [0.15, 0.2) is 37.4 Å². The van der Waals surface area contributed by atoms with E-state index in [1.807, 2.05) is 17.4 Å². The maximum atomic E-state index is 12.8. The third-order valence-corrected chi connectivity index (χ3v) is 5.26. The summed E-state index contributed by atoms with van der Waals surface area (Å²) in [6.45, 7) is 3.87. The summed E-state index contributed by atoms with van der Waals surface area (Å²) in [5.74, 6) is 0.532. The number of carbonyl (C=O) groups is 1. The van der Waals surface area contributed by atoms with Gasteiger partial charge in [0.15, 0.2) is 0 Å². The Kier molecular flexibility index (Phi) is 5.45. The first-order valence-corrected chi connectivity index (χ1v) is 9.42.